The summed E-state index contributed by atoms with van der Waals surface area (Å²) < 4.78 is 25.7. The van der Waals surface area contributed by atoms with Crippen LogP contribution in [0.3, 0.4) is 0 Å². The minimum atomic E-state index is -1.10. The number of benzene rings is 3. The summed E-state index contributed by atoms with van der Waals surface area (Å²) in [5.74, 6) is -0.743. The Morgan fingerprint density at radius 3 is 2.58 bits per heavy atom. The molecule has 0 unspecified atom stereocenters. The van der Waals surface area contributed by atoms with Gasteiger partial charge in [-0.25, -0.2) is 19.2 Å². The van der Waals surface area contributed by atoms with Crippen molar-refractivity contribution in [3.63, 3.8) is 0 Å². The third-order valence-corrected chi connectivity index (χ3v) is 6.12. The maximum atomic E-state index is 15.0. The zero-order valence-corrected chi connectivity index (χ0v) is 21.0. The van der Waals surface area contributed by atoms with Gasteiger partial charge in [-0.1, -0.05) is 23.7 Å². The molecule has 0 spiro atoms. The molecule has 11 heteroatoms. The van der Waals surface area contributed by atoms with Crippen molar-refractivity contribution >= 4 is 34.9 Å². The lowest BCUT2D eigenvalue weighted by Gasteiger charge is -2.15. The van der Waals surface area contributed by atoms with Crippen molar-refractivity contribution in [2.24, 2.45) is 4.99 Å². The molecule has 3 aromatic carbocycles. The highest BCUT2D eigenvalue weighted by atomic mass is 35.5. The number of halogens is 2. The number of aromatic carboxylic acids is 1. The Bertz CT molecular complexity index is 1580. The third kappa shape index (κ3) is 4.86. The van der Waals surface area contributed by atoms with Gasteiger partial charge in [0.1, 0.15) is 22.9 Å². The average Bonchev–Trinajstić information content (AvgIpc) is 3.04. The molecule has 1 aliphatic heterocycles. The Labute approximate surface area is 221 Å². The number of anilines is 2. The molecule has 2 heterocycles. The van der Waals surface area contributed by atoms with E-state index in [-0.39, 0.29) is 34.8 Å². The maximum absolute atomic E-state index is 15.0. The maximum Gasteiger partial charge on any atom is 0.339 e. The second-order valence-corrected chi connectivity index (χ2v) is 8.52. The first-order chi connectivity index (χ1) is 17.9. The number of hydrogen-bond donors (Lipinski definition) is 2. The molecule has 0 amide bonds. The van der Waals surface area contributed by atoms with E-state index in [1.807, 2.05) is 6.07 Å². The molecule has 0 bridgehead atoms. The summed E-state index contributed by atoms with van der Waals surface area (Å²) in [7, 11) is 2.87. The number of ether oxygens (including phenoxy) is 2. The fourth-order valence-electron chi connectivity index (χ4n) is 4.18. The van der Waals surface area contributed by atoms with Crippen LogP contribution in [0.5, 0.6) is 11.5 Å². The van der Waals surface area contributed by atoms with E-state index >= 15 is 4.39 Å². The molecule has 0 radical (unpaired) electrons. The van der Waals surface area contributed by atoms with Gasteiger partial charge in [0.15, 0.2) is 0 Å². The summed E-state index contributed by atoms with van der Waals surface area (Å²) in [6, 6.07) is 14.5. The quantitative estimate of drug-likeness (QED) is 0.356. The molecule has 0 saturated carbocycles. The van der Waals surface area contributed by atoms with Crippen molar-refractivity contribution in [2.45, 2.75) is 6.54 Å². The average molecular weight is 537 g/mol. The molecule has 9 nitrogen and oxygen atoms in total. The Morgan fingerprint density at radius 1 is 1.05 bits per heavy atom. The van der Waals surface area contributed by atoms with Crippen LogP contribution in [-0.4, -0.2) is 46.5 Å². The Balaban J connectivity index is 0.00000336. The highest BCUT2D eigenvalue weighted by molar-refractivity contribution is 6.31. The number of carboxylic acid groups (broad SMARTS) is 1. The van der Waals surface area contributed by atoms with Gasteiger partial charge >= 0.3 is 5.97 Å². The summed E-state index contributed by atoms with van der Waals surface area (Å²) >= 11 is 6.35. The van der Waals surface area contributed by atoms with E-state index in [0.717, 1.165) is 5.56 Å². The van der Waals surface area contributed by atoms with Crippen molar-refractivity contribution in [1.82, 2.24) is 9.97 Å². The molecular weight excluding hydrogens is 515 g/mol. The molecule has 1 aromatic heterocycles. The number of hydrogen-bond acceptors (Lipinski definition) is 7. The summed E-state index contributed by atoms with van der Waals surface area (Å²) in [5, 5.41) is 12.9. The number of rotatable bonds is 6. The van der Waals surface area contributed by atoms with E-state index in [4.69, 9.17) is 31.1 Å². The smallest absolute Gasteiger partial charge is 0.339 e. The van der Waals surface area contributed by atoms with Crippen molar-refractivity contribution in [2.75, 3.05) is 19.5 Å². The van der Waals surface area contributed by atoms with Gasteiger partial charge < -0.3 is 25.4 Å². The van der Waals surface area contributed by atoms with E-state index in [9.17, 15) is 9.90 Å². The SMILES string of the molecule is COc1cc(Nc2ncc3c(n2)-c2ccc(Cl)cc2C(c2c(F)cccc2OC)=NC3)ccc1C(=O)O.O. The highest BCUT2D eigenvalue weighted by Gasteiger charge is 2.25. The van der Waals surface area contributed by atoms with Gasteiger partial charge in [-0.2, -0.15) is 0 Å². The van der Waals surface area contributed by atoms with Crippen molar-refractivity contribution in [1.29, 1.82) is 0 Å². The first-order valence-electron chi connectivity index (χ1n) is 11.1. The number of nitrogens with one attached hydrogen (secondary N) is 1. The van der Waals surface area contributed by atoms with Gasteiger partial charge in [0.2, 0.25) is 5.95 Å². The van der Waals surface area contributed by atoms with E-state index in [1.54, 1.807) is 42.6 Å². The molecule has 0 fully saturated rings. The number of methoxy groups -OCH3 is 2. The lowest BCUT2D eigenvalue weighted by Crippen LogP contribution is -2.09. The van der Waals surface area contributed by atoms with E-state index in [1.165, 1.54) is 26.4 Å². The van der Waals surface area contributed by atoms with Crippen LogP contribution in [0.4, 0.5) is 16.0 Å². The fraction of sp³-hybridized carbons (Fsp3) is 0.111. The van der Waals surface area contributed by atoms with Crippen LogP contribution < -0.4 is 14.8 Å². The molecule has 0 saturated heterocycles. The second kappa shape index (κ2) is 10.8. The normalized spacial score (nSPS) is 11.7. The van der Waals surface area contributed by atoms with Gasteiger partial charge in [0, 0.05) is 39.7 Å². The van der Waals surface area contributed by atoms with Gasteiger partial charge in [0.05, 0.1) is 37.7 Å². The Kier molecular flexibility index (Phi) is 7.56. The second-order valence-electron chi connectivity index (χ2n) is 8.08. The summed E-state index contributed by atoms with van der Waals surface area (Å²) in [6.45, 7) is 0.204. The monoisotopic (exact) mass is 536 g/mol. The molecule has 0 aliphatic carbocycles. The van der Waals surface area contributed by atoms with E-state index in [2.05, 4.69) is 10.3 Å². The van der Waals surface area contributed by atoms with Crippen molar-refractivity contribution in [3.05, 3.63) is 93.9 Å². The summed E-state index contributed by atoms with van der Waals surface area (Å²) in [5.41, 5.74) is 3.85. The molecule has 4 N–H and O–H groups in total. The first kappa shape index (κ1) is 26.5. The Morgan fingerprint density at radius 2 is 1.84 bits per heavy atom. The summed E-state index contributed by atoms with van der Waals surface area (Å²) in [4.78, 5) is 25.2. The van der Waals surface area contributed by atoms with Crippen LogP contribution in [0.25, 0.3) is 11.3 Å². The van der Waals surface area contributed by atoms with E-state index < -0.39 is 11.8 Å². The molecule has 4 aromatic rings. The molecule has 1 aliphatic rings. The van der Waals surface area contributed by atoms with Crippen LogP contribution in [0.15, 0.2) is 65.8 Å². The zero-order valence-electron chi connectivity index (χ0n) is 20.3. The van der Waals surface area contributed by atoms with Crippen LogP contribution in [0.2, 0.25) is 5.02 Å². The number of fused-ring (bicyclic) bond motifs is 3. The molecule has 194 valence electrons. The predicted molar refractivity (Wildman–Crippen MR) is 142 cm³/mol. The topological polar surface area (TPSA) is 137 Å². The van der Waals surface area contributed by atoms with E-state index in [0.29, 0.717) is 39.0 Å². The standard InChI is InChI=1S/C27H20ClFN4O4.H2O/c1-36-21-5-3-4-20(29)23(21)25-19-10-15(28)6-8-17(19)24-14(12-30-25)13-31-27(33-24)32-16-7-9-18(26(34)35)22(11-16)37-2;/h3-11,13H,12H2,1-2H3,(H,34,35)(H,31,32,33);1H2. The van der Waals surface area contributed by atoms with Gasteiger partial charge in [-0.15, -0.1) is 0 Å². The lowest BCUT2D eigenvalue weighted by molar-refractivity contribution is 0.0693. The number of aliphatic imine (C=N–C) groups is 1. The molecule has 5 rings (SSSR count). The highest BCUT2D eigenvalue weighted by Crippen LogP contribution is 2.36. The minimum absolute atomic E-state index is 0. The molecule has 0 atom stereocenters. The number of aromatic nitrogens is 2. The van der Waals surface area contributed by atoms with Crippen LogP contribution in [-0.2, 0) is 6.54 Å². The number of carbonyl (C=O) groups is 1. The summed E-state index contributed by atoms with van der Waals surface area (Å²) in [6.07, 6.45) is 1.65. The lowest BCUT2D eigenvalue weighted by atomic mass is 9.94. The Hall–Kier alpha value is -4.54. The zero-order chi connectivity index (χ0) is 26.1. The van der Waals surface area contributed by atoms with Crippen molar-refractivity contribution in [3.8, 4) is 22.8 Å². The predicted octanol–water partition coefficient (Wildman–Crippen LogP) is 4.92. The van der Waals surface area contributed by atoms with Crippen molar-refractivity contribution < 1.29 is 29.2 Å². The largest absolute Gasteiger partial charge is 0.496 e. The number of carboxylic acids is 1. The molecular formula is C27H22ClFN4O5. The van der Waals surface area contributed by atoms with Crippen LogP contribution in [0, 0.1) is 5.82 Å². The van der Waals surface area contributed by atoms with Crippen LogP contribution in [0.1, 0.15) is 27.0 Å². The minimum Gasteiger partial charge on any atom is -0.496 e. The van der Waals surface area contributed by atoms with Gasteiger partial charge in [-0.05, 0) is 36.4 Å². The number of nitrogens with zero attached hydrogens (tertiary/aromatic N) is 3. The van der Waals surface area contributed by atoms with Gasteiger partial charge in [-0.3, -0.25) is 4.99 Å². The first-order valence-corrected chi connectivity index (χ1v) is 11.5. The van der Waals surface area contributed by atoms with Gasteiger partial charge in [0.25, 0.3) is 0 Å². The molecule has 38 heavy (non-hydrogen) atoms. The van der Waals surface area contributed by atoms with Crippen LogP contribution >= 0.6 is 11.6 Å². The fourth-order valence-corrected chi connectivity index (χ4v) is 4.35. The third-order valence-electron chi connectivity index (χ3n) is 5.88.